The minimum Gasteiger partial charge on any atom is -0.478 e. The highest BCUT2D eigenvalue weighted by atomic mass is 32.2. The summed E-state index contributed by atoms with van der Waals surface area (Å²) in [4.78, 5) is 10.1. The topological polar surface area (TPSA) is 37.3 Å². The average Bonchev–Trinajstić information content (AvgIpc) is 2.03. The summed E-state index contributed by atoms with van der Waals surface area (Å²) in [6.07, 6.45) is 5.35. The number of hydrogen-bond donors (Lipinski definition) is 1. The molecule has 0 aromatic heterocycles. The van der Waals surface area contributed by atoms with Crippen LogP contribution in [0.5, 0.6) is 0 Å². The second kappa shape index (κ2) is 4.44. The van der Waals surface area contributed by atoms with Gasteiger partial charge in [0.25, 0.3) is 0 Å². The van der Waals surface area contributed by atoms with Gasteiger partial charge in [-0.25, -0.2) is 4.79 Å². The highest BCUT2D eigenvalue weighted by Crippen LogP contribution is 2.23. The second-order valence-corrected chi connectivity index (χ2v) is 3.87. The summed E-state index contributed by atoms with van der Waals surface area (Å²) in [5.41, 5.74) is 0. The summed E-state index contributed by atoms with van der Waals surface area (Å²) in [5, 5.41) is 8.35. The largest absolute Gasteiger partial charge is 0.478 e. The van der Waals surface area contributed by atoms with E-state index in [4.69, 9.17) is 5.11 Å². The van der Waals surface area contributed by atoms with Crippen LogP contribution in [0.2, 0.25) is 0 Å². The van der Waals surface area contributed by atoms with Gasteiger partial charge in [0.15, 0.2) is 0 Å². The van der Waals surface area contributed by atoms with Crippen molar-refractivity contribution in [1.29, 1.82) is 0 Å². The van der Waals surface area contributed by atoms with Gasteiger partial charge in [-0.2, -0.15) is 11.8 Å². The van der Waals surface area contributed by atoms with Crippen molar-refractivity contribution in [3.8, 4) is 0 Å². The van der Waals surface area contributed by atoms with Crippen LogP contribution in [-0.4, -0.2) is 22.6 Å². The molecule has 2 nitrogen and oxygen atoms in total. The van der Waals surface area contributed by atoms with Crippen LogP contribution in [0.1, 0.15) is 12.8 Å². The first kappa shape index (κ1) is 8.65. The number of aliphatic carboxylic acids is 1. The lowest BCUT2D eigenvalue weighted by molar-refractivity contribution is -0.131. The van der Waals surface area contributed by atoms with Gasteiger partial charge in [0.2, 0.25) is 0 Å². The zero-order valence-corrected chi connectivity index (χ0v) is 7.14. The van der Waals surface area contributed by atoms with Crippen molar-refractivity contribution in [3.63, 3.8) is 0 Å². The zero-order valence-electron chi connectivity index (χ0n) is 6.32. The summed E-state index contributed by atoms with van der Waals surface area (Å²) in [7, 11) is 0. The number of rotatable bonds is 2. The molecular formula is C8H12O2S. The van der Waals surface area contributed by atoms with Gasteiger partial charge >= 0.3 is 5.97 Å². The monoisotopic (exact) mass is 172 g/mol. The van der Waals surface area contributed by atoms with E-state index in [2.05, 4.69) is 0 Å². The van der Waals surface area contributed by atoms with E-state index in [0.29, 0.717) is 5.92 Å². The molecule has 0 amide bonds. The van der Waals surface area contributed by atoms with Crippen molar-refractivity contribution in [1.82, 2.24) is 0 Å². The number of hydrogen-bond acceptors (Lipinski definition) is 2. The zero-order chi connectivity index (χ0) is 8.10. The first-order valence-electron chi connectivity index (χ1n) is 3.78. The van der Waals surface area contributed by atoms with E-state index < -0.39 is 5.97 Å². The van der Waals surface area contributed by atoms with E-state index in [0.717, 1.165) is 12.8 Å². The summed E-state index contributed by atoms with van der Waals surface area (Å²) >= 11 is 1.95. The Bertz CT molecular complexity index is 159. The lowest BCUT2D eigenvalue weighted by Crippen LogP contribution is -2.07. The maximum absolute atomic E-state index is 10.1. The van der Waals surface area contributed by atoms with Gasteiger partial charge < -0.3 is 5.11 Å². The highest BCUT2D eigenvalue weighted by Gasteiger charge is 2.10. The van der Waals surface area contributed by atoms with Gasteiger partial charge in [0.05, 0.1) is 0 Å². The standard InChI is InChI=1S/C8H12O2S/c9-8(10)2-1-7-3-5-11-6-4-7/h1-2,7H,3-6H2,(H,9,10). The van der Waals surface area contributed by atoms with Gasteiger partial charge in [-0.3, -0.25) is 0 Å². The van der Waals surface area contributed by atoms with Crippen molar-refractivity contribution in [3.05, 3.63) is 12.2 Å². The van der Waals surface area contributed by atoms with Crippen LogP contribution >= 0.6 is 11.8 Å². The van der Waals surface area contributed by atoms with E-state index in [-0.39, 0.29) is 0 Å². The molecule has 0 radical (unpaired) electrons. The molecule has 1 aliphatic heterocycles. The molecule has 0 aromatic rings. The molecule has 0 saturated carbocycles. The van der Waals surface area contributed by atoms with E-state index >= 15 is 0 Å². The molecular weight excluding hydrogens is 160 g/mol. The summed E-state index contributed by atoms with van der Waals surface area (Å²) < 4.78 is 0. The van der Waals surface area contributed by atoms with Crippen molar-refractivity contribution in [2.24, 2.45) is 5.92 Å². The predicted molar refractivity (Wildman–Crippen MR) is 46.8 cm³/mol. The lowest BCUT2D eigenvalue weighted by atomic mass is 10.0. The molecule has 0 unspecified atom stereocenters. The van der Waals surface area contributed by atoms with Crippen molar-refractivity contribution < 1.29 is 9.90 Å². The molecule has 1 heterocycles. The smallest absolute Gasteiger partial charge is 0.327 e. The molecule has 62 valence electrons. The van der Waals surface area contributed by atoms with Crippen LogP contribution in [0.25, 0.3) is 0 Å². The highest BCUT2D eigenvalue weighted by molar-refractivity contribution is 7.99. The Morgan fingerprint density at radius 3 is 2.64 bits per heavy atom. The second-order valence-electron chi connectivity index (χ2n) is 2.65. The first-order chi connectivity index (χ1) is 5.29. The predicted octanol–water partition coefficient (Wildman–Crippen LogP) is 1.77. The SMILES string of the molecule is O=C(O)C=CC1CCSCC1. The van der Waals surface area contributed by atoms with Crippen molar-refractivity contribution in [2.75, 3.05) is 11.5 Å². The van der Waals surface area contributed by atoms with Crippen molar-refractivity contribution in [2.45, 2.75) is 12.8 Å². The molecule has 0 atom stereocenters. The third-order valence-electron chi connectivity index (χ3n) is 1.78. The molecule has 1 saturated heterocycles. The van der Waals surface area contributed by atoms with E-state index in [1.54, 1.807) is 0 Å². The minimum atomic E-state index is -0.830. The number of thioether (sulfide) groups is 1. The van der Waals surface area contributed by atoms with Crippen LogP contribution in [0.4, 0.5) is 0 Å². The van der Waals surface area contributed by atoms with Crippen molar-refractivity contribution >= 4 is 17.7 Å². The maximum Gasteiger partial charge on any atom is 0.327 e. The molecule has 0 bridgehead atoms. The van der Waals surface area contributed by atoms with Gasteiger partial charge in [-0.1, -0.05) is 6.08 Å². The first-order valence-corrected chi connectivity index (χ1v) is 4.93. The fraction of sp³-hybridized carbons (Fsp3) is 0.625. The van der Waals surface area contributed by atoms with Gasteiger partial charge in [0.1, 0.15) is 0 Å². The molecule has 1 N–H and O–H groups in total. The van der Waals surface area contributed by atoms with Crippen LogP contribution in [0, 0.1) is 5.92 Å². The number of carboxylic acids is 1. The quantitative estimate of drug-likeness (QED) is 0.645. The number of allylic oxidation sites excluding steroid dienone is 1. The molecule has 11 heavy (non-hydrogen) atoms. The lowest BCUT2D eigenvalue weighted by Gasteiger charge is -2.16. The number of carbonyl (C=O) groups is 1. The Hall–Kier alpha value is -0.440. The fourth-order valence-corrected chi connectivity index (χ4v) is 2.27. The van der Waals surface area contributed by atoms with Crippen LogP contribution < -0.4 is 0 Å². The van der Waals surface area contributed by atoms with Crippen LogP contribution in [0.15, 0.2) is 12.2 Å². The molecule has 0 aromatic carbocycles. The summed E-state index contributed by atoms with van der Waals surface area (Å²) in [6.45, 7) is 0. The van der Waals surface area contributed by atoms with E-state index in [1.165, 1.54) is 17.6 Å². The Morgan fingerprint density at radius 2 is 2.09 bits per heavy atom. The molecule has 1 aliphatic rings. The minimum absolute atomic E-state index is 0.507. The van der Waals surface area contributed by atoms with Crippen LogP contribution in [0.3, 0.4) is 0 Å². The molecule has 1 fully saturated rings. The fourth-order valence-electron chi connectivity index (χ4n) is 1.13. The van der Waals surface area contributed by atoms with E-state index in [9.17, 15) is 4.79 Å². The maximum atomic E-state index is 10.1. The summed E-state index contributed by atoms with van der Waals surface area (Å²) in [6, 6.07) is 0. The van der Waals surface area contributed by atoms with Gasteiger partial charge in [-0.15, -0.1) is 0 Å². The summed E-state index contributed by atoms with van der Waals surface area (Å²) in [5.74, 6) is 2.03. The number of carboxylic acid groups (broad SMARTS) is 1. The Labute approximate surface area is 70.7 Å². The molecule has 0 aliphatic carbocycles. The Morgan fingerprint density at radius 1 is 1.45 bits per heavy atom. The van der Waals surface area contributed by atoms with Crippen LogP contribution in [-0.2, 0) is 4.79 Å². The third-order valence-corrected chi connectivity index (χ3v) is 2.83. The average molecular weight is 172 g/mol. The van der Waals surface area contributed by atoms with Gasteiger partial charge in [0, 0.05) is 6.08 Å². The Kier molecular flexibility index (Phi) is 3.49. The van der Waals surface area contributed by atoms with Gasteiger partial charge in [-0.05, 0) is 30.3 Å². The molecule has 3 heteroatoms. The third kappa shape index (κ3) is 3.46. The molecule has 0 spiro atoms. The molecule has 1 rings (SSSR count). The Balaban J connectivity index is 2.29. The normalized spacial score (nSPS) is 20.7. The van der Waals surface area contributed by atoms with E-state index in [1.807, 2.05) is 17.8 Å².